The molecule has 1 saturated heterocycles. The Labute approximate surface area is 112 Å². The Kier molecular flexibility index (Phi) is 5.22. The molecule has 1 unspecified atom stereocenters. The van der Waals surface area contributed by atoms with Gasteiger partial charge in [0.2, 0.25) is 0 Å². The van der Waals surface area contributed by atoms with Crippen LogP contribution in [0.5, 0.6) is 0 Å². The van der Waals surface area contributed by atoms with Crippen LogP contribution in [0.25, 0.3) is 0 Å². The average molecular weight is 268 g/mol. The number of aromatic nitrogens is 2. The average Bonchev–Trinajstić information content (AvgIpc) is 2.45. The highest BCUT2D eigenvalue weighted by Crippen LogP contribution is 2.14. The summed E-state index contributed by atoms with van der Waals surface area (Å²) in [6.07, 6.45) is 3.84. The number of ether oxygens (including phenoxy) is 1. The van der Waals surface area contributed by atoms with Crippen LogP contribution in [0.15, 0.2) is 17.4 Å². The van der Waals surface area contributed by atoms with Crippen molar-refractivity contribution in [3.63, 3.8) is 0 Å². The highest BCUT2D eigenvalue weighted by atomic mass is 32.2. The quantitative estimate of drug-likeness (QED) is 0.642. The van der Waals surface area contributed by atoms with Gasteiger partial charge in [0.15, 0.2) is 0 Å². The summed E-state index contributed by atoms with van der Waals surface area (Å²) in [5.41, 5.74) is 0. The van der Waals surface area contributed by atoms with E-state index in [-0.39, 0.29) is 6.10 Å². The van der Waals surface area contributed by atoms with E-state index in [0.29, 0.717) is 0 Å². The van der Waals surface area contributed by atoms with Crippen LogP contribution in [0.1, 0.15) is 6.92 Å². The molecule has 1 aliphatic rings. The van der Waals surface area contributed by atoms with Crippen molar-refractivity contribution in [1.29, 1.82) is 0 Å². The van der Waals surface area contributed by atoms with Crippen molar-refractivity contribution in [1.82, 2.24) is 14.9 Å². The second-order valence-electron chi connectivity index (χ2n) is 4.21. The molecule has 0 bridgehead atoms. The van der Waals surface area contributed by atoms with Crippen molar-refractivity contribution in [2.75, 3.05) is 44.4 Å². The lowest BCUT2D eigenvalue weighted by molar-refractivity contribution is -0.0192. The number of hydrogen-bond donors (Lipinski definition) is 1. The van der Waals surface area contributed by atoms with Gasteiger partial charge in [0, 0.05) is 25.7 Å². The van der Waals surface area contributed by atoms with E-state index >= 15 is 0 Å². The number of anilines is 1. The third kappa shape index (κ3) is 3.83. The van der Waals surface area contributed by atoms with Gasteiger partial charge in [-0.15, -0.1) is 11.8 Å². The van der Waals surface area contributed by atoms with Gasteiger partial charge in [0.05, 0.1) is 12.7 Å². The normalized spacial score (nSPS) is 20.9. The number of nitrogens with one attached hydrogen (secondary N) is 1. The van der Waals surface area contributed by atoms with Gasteiger partial charge in [-0.1, -0.05) is 6.92 Å². The Morgan fingerprint density at radius 2 is 2.44 bits per heavy atom. The van der Waals surface area contributed by atoms with Gasteiger partial charge >= 0.3 is 0 Å². The number of rotatable bonds is 5. The highest BCUT2D eigenvalue weighted by Gasteiger charge is 2.18. The molecule has 0 aliphatic carbocycles. The molecule has 100 valence electrons. The highest BCUT2D eigenvalue weighted by molar-refractivity contribution is 7.98. The van der Waals surface area contributed by atoms with Gasteiger partial charge < -0.3 is 10.1 Å². The smallest absolute Gasteiger partial charge is 0.130 e. The molecule has 1 atom stereocenters. The Balaban J connectivity index is 1.83. The van der Waals surface area contributed by atoms with Crippen molar-refractivity contribution < 1.29 is 4.74 Å². The van der Waals surface area contributed by atoms with Crippen molar-refractivity contribution in [2.24, 2.45) is 0 Å². The van der Waals surface area contributed by atoms with E-state index in [2.05, 4.69) is 27.1 Å². The largest absolute Gasteiger partial charge is 0.374 e. The van der Waals surface area contributed by atoms with E-state index in [0.717, 1.165) is 43.6 Å². The summed E-state index contributed by atoms with van der Waals surface area (Å²) in [7, 11) is 0. The summed E-state index contributed by atoms with van der Waals surface area (Å²) in [5.74, 6) is 0.867. The van der Waals surface area contributed by atoms with Crippen LogP contribution in [0, 0.1) is 0 Å². The van der Waals surface area contributed by atoms with Gasteiger partial charge in [0.1, 0.15) is 17.2 Å². The Morgan fingerprint density at radius 3 is 3.22 bits per heavy atom. The molecule has 5 nitrogen and oxygen atoms in total. The van der Waals surface area contributed by atoms with Crippen LogP contribution in [0.4, 0.5) is 5.82 Å². The first-order valence-electron chi connectivity index (χ1n) is 6.25. The predicted octanol–water partition coefficient (Wildman–Crippen LogP) is 1.33. The molecule has 2 rings (SSSR count). The molecule has 0 aromatic carbocycles. The third-order valence-corrected chi connectivity index (χ3v) is 3.67. The summed E-state index contributed by atoms with van der Waals surface area (Å²) >= 11 is 1.62. The monoisotopic (exact) mass is 268 g/mol. The van der Waals surface area contributed by atoms with E-state index < -0.39 is 0 Å². The molecule has 1 aliphatic heterocycles. The molecule has 2 heterocycles. The van der Waals surface area contributed by atoms with E-state index in [1.165, 1.54) is 0 Å². The maximum atomic E-state index is 5.74. The Morgan fingerprint density at radius 1 is 1.56 bits per heavy atom. The fourth-order valence-electron chi connectivity index (χ4n) is 1.96. The molecule has 0 amide bonds. The number of nitrogens with zero attached hydrogens (tertiary/aromatic N) is 3. The molecule has 0 spiro atoms. The van der Waals surface area contributed by atoms with Gasteiger partial charge in [-0.25, -0.2) is 9.97 Å². The topological polar surface area (TPSA) is 50.3 Å². The van der Waals surface area contributed by atoms with Crippen molar-refractivity contribution >= 4 is 17.6 Å². The lowest BCUT2D eigenvalue weighted by atomic mass is 10.2. The molecule has 1 fully saturated rings. The Hall–Kier alpha value is -0.850. The van der Waals surface area contributed by atoms with E-state index in [1.807, 2.05) is 12.3 Å². The predicted molar refractivity (Wildman–Crippen MR) is 74.2 cm³/mol. The molecule has 1 aromatic rings. The summed E-state index contributed by atoms with van der Waals surface area (Å²) in [6.45, 7) is 6.91. The number of thioether (sulfide) groups is 1. The van der Waals surface area contributed by atoms with Crippen LogP contribution in [-0.2, 0) is 4.74 Å². The maximum Gasteiger partial charge on any atom is 0.130 e. The van der Waals surface area contributed by atoms with E-state index in [9.17, 15) is 0 Å². The molecular weight excluding hydrogens is 248 g/mol. The van der Waals surface area contributed by atoms with Crippen LogP contribution in [0.2, 0.25) is 0 Å². The summed E-state index contributed by atoms with van der Waals surface area (Å²) in [6, 6.07) is 1.96. The van der Waals surface area contributed by atoms with Gasteiger partial charge in [-0.3, -0.25) is 4.90 Å². The number of likely N-dealkylation sites (N-methyl/N-ethyl adjacent to an activating group) is 1. The Bertz CT molecular complexity index is 377. The maximum absolute atomic E-state index is 5.74. The molecular formula is C12H20N4OS. The first-order chi connectivity index (χ1) is 8.81. The van der Waals surface area contributed by atoms with Gasteiger partial charge in [0.25, 0.3) is 0 Å². The minimum atomic E-state index is 0.242. The van der Waals surface area contributed by atoms with Crippen LogP contribution < -0.4 is 5.32 Å². The lowest BCUT2D eigenvalue weighted by Crippen LogP contribution is -2.45. The molecule has 0 radical (unpaired) electrons. The zero-order valence-corrected chi connectivity index (χ0v) is 11.7. The van der Waals surface area contributed by atoms with Crippen LogP contribution >= 0.6 is 11.8 Å². The van der Waals surface area contributed by atoms with Gasteiger partial charge in [-0.05, 0) is 12.8 Å². The zero-order chi connectivity index (χ0) is 12.8. The second-order valence-corrected chi connectivity index (χ2v) is 5.04. The zero-order valence-electron chi connectivity index (χ0n) is 10.9. The first-order valence-corrected chi connectivity index (χ1v) is 7.48. The van der Waals surface area contributed by atoms with Crippen molar-refractivity contribution in [3.8, 4) is 0 Å². The SMILES string of the molecule is CCN1CCOC(CNc2cc(SC)ncn2)C1. The molecule has 1 aromatic heterocycles. The van der Waals surface area contributed by atoms with E-state index in [1.54, 1.807) is 18.1 Å². The minimum absolute atomic E-state index is 0.242. The fraction of sp³-hybridized carbons (Fsp3) is 0.667. The molecule has 1 N–H and O–H groups in total. The fourth-order valence-corrected chi connectivity index (χ4v) is 2.34. The molecule has 6 heteroatoms. The molecule has 0 saturated carbocycles. The van der Waals surface area contributed by atoms with Crippen LogP contribution in [0.3, 0.4) is 0 Å². The summed E-state index contributed by atoms with van der Waals surface area (Å²) < 4.78 is 5.74. The standard InChI is InChI=1S/C12H20N4OS/c1-3-16-4-5-17-10(8-16)7-13-11-6-12(18-2)15-9-14-11/h6,9-10H,3-5,7-8H2,1-2H3,(H,13,14,15). The first kappa shape index (κ1) is 13.6. The minimum Gasteiger partial charge on any atom is -0.374 e. The summed E-state index contributed by atoms with van der Waals surface area (Å²) in [5, 5.41) is 4.30. The third-order valence-electron chi connectivity index (χ3n) is 3.03. The van der Waals surface area contributed by atoms with Gasteiger partial charge in [-0.2, -0.15) is 0 Å². The number of hydrogen-bond acceptors (Lipinski definition) is 6. The lowest BCUT2D eigenvalue weighted by Gasteiger charge is -2.32. The molecule has 18 heavy (non-hydrogen) atoms. The number of morpholine rings is 1. The van der Waals surface area contributed by atoms with E-state index in [4.69, 9.17) is 4.74 Å². The van der Waals surface area contributed by atoms with Crippen molar-refractivity contribution in [3.05, 3.63) is 12.4 Å². The van der Waals surface area contributed by atoms with Crippen LogP contribution in [-0.4, -0.2) is 60.0 Å². The second kappa shape index (κ2) is 6.92. The van der Waals surface area contributed by atoms with Crippen molar-refractivity contribution in [2.45, 2.75) is 18.1 Å². The summed E-state index contributed by atoms with van der Waals surface area (Å²) in [4.78, 5) is 10.8.